The van der Waals surface area contributed by atoms with Crippen LogP contribution in [0.5, 0.6) is 0 Å². The Balaban J connectivity index is 2.23. The van der Waals surface area contributed by atoms with E-state index in [0.717, 1.165) is 16.7 Å². The molecule has 1 heterocycles. The van der Waals surface area contributed by atoms with E-state index >= 15 is 0 Å². The summed E-state index contributed by atoms with van der Waals surface area (Å²) in [6.45, 7) is 0. The zero-order valence-electron chi connectivity index (χ0n) is 11.1. The molecule has 0 aliphatic carbocycles. The fourth-order valence-corrected chi connectivity index (χ4v) is 3.29. The van der Waals surface area contributed by atoms with Crippen molar-refractivity contribution in [2.75, 3.05) is 0 Å². The Labute approximate surface area is 129 Å². The molecule has 0 atom stereocenters. The molecule has 0 amide bonds. The average Bonchev–Trinajstić information content (AvgIpc) is 2.85. The van der Waals surface area contributed by atoms with Crippen LogP contribution in [-0.2, 0) is 0 Å². The Morgan fingerprint density at radius 2 is 1.29 bits per heavy atom. The van der Waals surface area contributed by atoms with E-state index < -0.39 is 0 Å². The average molecular weight is 340 g/mol. The number of hydrogen-bond acceptors (Lipinski definition) is 0. The lowest BCUT2D eigenvalue weighted by molar-refractivity contribution is 0.620. The Morgan fingerprint density at radius 1 is 0.714 bits per heavy atom. The van der Waals surface area contributed by atoms with Gasteiger partial charge >= 0.3 is 0 Å². The molecule has 3 heteroatoms. The van der Waals surface area contributed by atoms with E-state index in [1.807, 2.05) is 30.3 Å². The Hall–Kier alpha value is -2.13. The summed E-state index contributed by atoms with van der Waals surface area (Å²) < 4.78 is 16.5. The molecule has 4 rings (SSSR count). The molecule has 3 aromatic carbocycles. The highest BCUT2D eigenvalue weighted by molar-refractivity contribution is 9.10. The predicted molar refractivity (Wildman–Crippen MR) is 88.4 cm³/mol. The third-order valence-corrected chi connectivity index (χ3v) is 4.54. The lowest BCUT2D eigenvalue weighted by Crippen LogP contribution is -1.96. The molecule has 0 unspecified atom stereocenters. The van der Waals surface area contributed by atoms with E-state index in [9.17, 15) is 4.39 Å². The minimum absolute atomic E-state index is 0.255. The standard InChI is InChI=1S/C18H11BrFN/c19-18-14(20)8-5-11-17(18)21-15-9-3-1-6-12(15)13-7-2-4-10-16(13)21/h1-11H. The van der Waals surface area contributed by atoms with Gasteiger partial charge in [-0.1, -0.05) is 42.5 Å². The SMILES string of the molecule is Fc1cccc(-n2c3ccccc3c3ccccc32)c1Br. The van der Waals surface area contributed by atoms with Gasteiger partial charge in [0.1, 0.15) is 5.82 Å². The van der Waals surface area contributed by atoms with Crippen molar-refractivity contribution in [2.24, 2.45) is 0 Å². The minimum atomic E-state index is -0.255. The van der Waals surface area contributed by atoms with Crippen LogP contribution in [0.1, 0.15) is 0 Å². The van der Waals surface area contributed by atoms with E-state index in [1.54, 1.807) is 6.07 Å². The molecular formula is C18H11BrFN. The molecule has 0 spiro atoms. The number of benzene rings is 3. The van der Waals surface area contributed by atoms with Crippen molar-refractivity contribution in [3.63, 3.8) is 0 Å². The minimum Gasteiger partial charge on any atom is -0.308 e. The first-order valence-corrected chi connectivity index (χ1v) is 7.49. The first kappa shape index (κ1) is 12.6. The van der Waals surface area contributed by atoms with Crippen LogP contribution in [0.3, 0.4) is 0 Å². The van der Waals surface area contributed by atoms with Gasteiger partial charge < -0.3 is 4.57 Å². The summed E-state index contributed by atoms with van der Waals surface area (Å²) in [5.74, 6) is -0.255. The molecule has 102 valence electrons. The van der Waals surface area contributed by atoms with Crippen LogP contribution in [0.25, 0.3) is 27.5 Å². The van der Waals surface area contributed by atoms with Crippen molar-refractivity contribution < 1.29 is 4.39 Å². The molecule has 0 aliphatic rings. The van der Waals surface area contributed by atoms with Crippen LogP contribution in [-0.4, -0.2) is 4.57 Å². The largest absolute Gasteiger partial charge is 0.308 e. The summed E-state index contributed by atoms with van der Waals surface area (Å²) in [7, 11) is 0. The van der Waals surface area contributed by atoms with Gasteiger partial charge in [-0.25, -0.2) is 4.39 Å². The molecule has 0 saturated carbocycles. The molecule has 4 aromatic rings. The molecular weight excluding hydrogens is 329 g/mol. The Morgan fingerprint density at radius 3 is 1.90 bits per heavy atom. The zero-order valence-corrected chi connectivity index (χ0v) is 12.6. The summed E-state index contributed by atoms with van der Waals surface area (Å²) in [4.78, 5) is 0. The van der Waals surface area contributed by atoms with Crippen molar-refractivity contribution in [1.29, 1.82) is 0 Å². The Kier molecular flexibility index (Phi) is 2.82. The van der Waals surface area contributed by atoms with Crippen molar-refractivity contribution in [3.05, 3.63) is 77.0 Å². The Bertz CT molecular complexity index is 918. The zero-order chi connectivity index (χ0) is 14.4. The van der Waals surface area contributed by atoms with E-state index in [0.29, 0.717) is 4.47 Å². The van der Waals surface area contributed by atoms with Gasteiger partial charge in [-0.2, -0.15) is 0 Å². The van der Waals surface area contributed by atoms with E-state index in [4.69, 9.17) is 0 Å². The van der Waals surface area contributed by atoms with Gasteiger partial charge in [0.05, 0.1) is 21.2 Å². The van der Waals surface area contributed by atoms with Gasteiger partial charge in [0.15, 0.2) is 0 Å². The molecule has 0 aliphatic heterocycles. The first-order valence-electron chi connectivity index (χ1n) is 6.70. The molecule has 0 radical (unpaired) electrons. The van der Waals surface area contributed by atoms with Crippen molar-refractivity contribution in [1.82, 2.24) is 4.57 Å². The predicted octanol–water partition coefficient (Wildman–Crippen LogP) is 5.69. The molecule has 0 N–H and O–H groups in total. The molecule has 0 fully saturated rings. The van der Waals surface area contributed by atoms with Crippen molar-refractivity contribution in [2.45, 2.75) is 0 Å². The van der Waals surface area contributed by atoms with E-state index in [1.165, 1.54) is 16.8 Å². The smallest absolute Gasteiger partial charge is 0.139 e. The molecule has 0 saturated heterocycles. The summed E-state index contributed by atoms with van der Waals surface area (Å²) in [6.07, 6.45) is 0. The topological polar surface area (TPSA) is 4.93 Å². The number of aromatic nitrogens is 1. The lowest BCUT2D eigenvalue weighted by atomic mass is 10.2. The van der Waals surface area contributed by atoms with Crippen molar-refractivity contribution in [3.8, 4) is 5.69 Å². The first-order chi connectivity index (χ1) is 10.3. The van der Waals surface area contributed by atoms with Crippen LogP contribution in [0, 0.1) is 5.82 Å². The fourth-order valence-electron chi connectivity index (χ4n) is 2.85. The highest BCUT2D eigenvalue weighted by Crippen LogP contribution is 2.34. The van der Waals surface area contributed by atoms with Gasteiger partial charge in [0.25, 0.3) is 0 Å². The normalized spacial score (nSPS) is 11.3. The number of rotatable bonds is 1. The number of hydrogen-bond donors (Lipinski definition) is 0. The van der Waals surface area contributed by atoms with Gasteiger partial charge in [0, 0.05) is 10.8 Å². The molecule has 21 heavy (non-hydrogen) atoms. The molecule has 1 nitrogen and oxygen atoms in total. The third kappa shape index (κ3) is 1.81. The van der Waals surface area contributed by atoms with Gasteiger partial charge in [-0.3, -0.25) is 0 Å². The van der Waals surface area contributed by atoms with Gasteiger partial charge in [0.2, 0.25) is 0 Å². The summed E-state index contributed by atoms with van der Waals surface area (Å²) in [5.41, 5.74) is 2.96. The summed E-state index contributed by atoms with van der Waals surface area (Å²) >= 11 is 3.38. The number of para-hydroxylation sites is 2. The van der Waals surface area contributed by atoms with Gasteiger partial charge in [-0.05, 0) is 40.2 Å². The maximum absolute atomic E-state index is 13.9. The van der Waals surface area contributed by atoms with Crippen LogP contribution in [0.4, 0.5) is 4.39 Å². The molecule has 0 bridgehead atoms. The highest BCUT2D eigenvalue weighted by atomic mass is 79.9. The monoisotopic (exact) mass is 339 g/mol. The van der Waals surface area contributed by atoms with Crippen LogP contribution in [0.15, 0.2) is 71.2 Å². The number of fused-ring (bicyclic) bond motifs is 3. The van der Waals surface area contributed by atoms with Gasteiger partial charge in [-0.15, -0.1) is 0 Å². The lowest BCUT2D eigenvalue weighted by Gasteiger charge is -2.10. The summed E-state index contributed by atoms with van der Waals surface area (Å²) in [6, 6.07) is 21.5. The van der Waals surface area contributed by atoms with Crippen molar-refractivity contribution >= 4 is 37.7 Å². The second kappa shape index (κ2) is 4.71. The maximum Gasteiger partial charge on any atom is 0.139 e. The second-order valence-electron chi connectivity index (χ2n) is 4.94. The number of nitrogens with zero attached hydrogens (tertiary/aromatic N) is 1. The van der Waals surface area contributed by atoms with Crippen LogP contribution in [0.2, 0.25) is 0 Å². The fraction of sp³-hybridized carbons (Fsp3) is 0. The second-order valence-corrected chi connectivity index (χ2v) is 5.74. The number of halogens is 2. The van der Waals surface area contributed by atoms with E-state index in [-0.39, 0.29) is 5.82 Å². The van der Waals surface area contributed by atoms with Crippen LogP contribution >= 0.6 is 15.9 Å². The van der Waals surface area contributed by atoms with Crippen LogP contribution < -0.4 is 0 Å². The van der Waals surface area contributed by atoms with E-state index in [2.05, 4.69) is 44.8 Å². The quantitative estimate of drug-likeness (QED) is 0.420. The maximum atomic E-state index is 13.9. The third-order valence-electron chi connectivity index (χ3n) is 3.75. The highest BCUT2D eigenvalue weighted by Gasteiger charge is 2.14. The summed E-state index contributed by atoms with van der Waals surface area (Å²) in [5, 5.41) is 2.34. The molecule has 1 aromatic heterocycles.